The van der Waals surface area contributed by atoms with Crippen LogP contribution in [0.3, 0.4) is 0 Å². The van der Waals surface area contributed by atoms with Gasteiger partial charge in [0.05, 0.1) is 0 Å². The van der Waals surface area contributed by atoms with Crippen LogP contribution in [0.1, 0.15) is 20.8 Å². The van der Waals surface area contributed by atoms with Crippen molar-refractivity contribution in [2.24, 2.45) is 10.6 Å². The van der Waals surface area contributed by atoms with E-state index in [9.17, 15) is 8.42 Å². The summed E-state index contributed by atoms with van der Waals surface area (Å²) in [5.74, 6) is 0. The molecule has 3 nitrogen and oxygen atoms in total. The van der Waals surface area contributed by atoms with E-state index in [4.69, 9.17) is 5.14 Å². The highest BCUT2D eigenvalue weighted by molar-refractivity contribution is 7.90. The fourth-order valence-corrected chi connectivity index (χ4v) is 1.58. The number of sulfonamides is 1. The Bertz CT molecular complexity index is 347. The molecule has 0 spiro atoms. The topological polar surface area (TPSA) is 60.2 Å². The van der Waals surface area contributed by atoms with Gasteiger partial charge in [0.2, 0.25) is 10.0 Å². The zero-order valence-corrected chi connectivity index (χ0v) is 8.93. The van der Waals surface area contributed by atoms with Crippen LogP contribution in [0.2, 0.25) is 0 Å². The molecular formula is C9H15NO2S. The third-order valence-corrected chi connectivity index (χ3v) is 3.80. The molecule has 1 aliphatic carbocycles. The van der Waals surface area contributed by atoms with Gasteiger partial charge in [-0.05, 0) is 6.92 Å². The van der Waals surface area contributed by atoms with Gasteiger partial charge in [-0.25, -0.2) is 13.6 Å². The number of primary sulfonamides is 1. The van der Waals surface area contributed by atoms with Crippen molar-refractivity contribution < 1.29 is 8.42 Å². The van der Waals surface area contributed by atoms with Crippen LogP contribution in [-0.4, -0.2) is 13.2 Å². The second-order valence-corrected chi connectivity index (χ2v) is 6.19. The number of rotatable bonds is 1. The molecule has 0 bridgehead atoms. The Morgan fingerprint density at radius 1 is 1.00 bits per heavy atom. The minimum absolute atomic E-state index is 0.0792. The number of allylic oxidation sites excluding steroid dienone is 2. The molecule has 0 fully saturated rings. The molecule has 74 valence electrons. The van der Waals surface area contributed by atoms with E-state index in [1.807, 2.05) is 26.0 Å². The highest BCUT2D eigenvalue weighted by Gasteiger charge is 2.34. The molecule has 0 aromatic heterocycles. The van der Waals surface area contributed by atoms with Crippen molar-refractivity contribution in [3.8, 4) is 0 Å². The highest BCUT2D eigenvalue weighted by atomic mass is 32.2. The van der Waals surface area contributed by atoms with Gasteiger partial charge in [-0.15, -0.1) is 0 Å². The lowest BCUT2D eigenvalue weighted by molar-refractivity contribution is 0.567. The summed E-state index contributed by atoms with van der Waals surface area (Å²) in [6, 6.07) is 0. The Balaban J connectivity index is 3.11. The minimum atomic E-state index is -3.55. The third-order valence-electron chi connectivity index (χ3n) is 2.30. The van der Waals surface area contributed by atoms with E-state index in [1.54, 1.807) is 19.1 Å². The average molecular weight is 201 g/mol. The van der Waals surface area contributed by atoms with Crippen LogP contribution in [0.5, 0.6) is 0 Å². The largest absolute Gasteiger partial charge is 0.228 e. The summed E-state index contributed by atoms with van der Waals surface area (Å²) < 4.78 is 21.3. The molecule has 1 rings (SSSR count). The Labute approximate surface area is 79.4 Å². The first-order valence-corrected chi connectivity index (χ1v) is 5.64. The number of nitrogens with two attached hydrogens (primary N) is 1. The fraction of sp³-hybridized carbons (Fsp3) is 0.556. The molecule has 0 atom stereocenters. The van der Waals surface area contributed by atoms with Crippen molar-refractivity contribution in [2.75, 3.05) is 0 Å². The molecule has 0 aromatic rings. The molecule has 4 heteroatoms. The predicted octanol–water partition coefficient (Wildman–Crippen LogP) is 1.19. The third kappa shape index (κ3) is 2.00. The maximum atomic E-state index is 11.2. The summed E-state index contributed by atoms with van der Waals surface area (Å²) in [6.07, 6.45) is 7.00. The van der Waals surface area contributed by atoms with E-state index in [1.165, 1.54) is 0 Å². The monoisotopic (exact) mass is 201 g/mol. The number of hydrogen-bond donors (Lipinski definition) is 1. The summed E-state index contributed by atoms with van der Waals surface area (Å²) in [6.45, 7) is 5.59. The van der Waals surface area contributed by atoms with Gasteiger partial charge in [0.1, 0.15) is 4.75 Å². The van der Waals surface area contributed by atoms with Crippen LogP contribution in [0.4, 0.5) is 0 Å². The van der Waals surface area contributed by atoms with Crippen LogP contribution >= 0.6 is 0 Å². The Hall–Kier alpha value is -0.610. The molecule has 0 saturated carbocycles. The van der Waals surface area contributed by atoms with E-state index >= 15 is 0 Å². The van der Waals surface area contributed by atoms with E-state index in [0.717, 1.165) is 0 Å². The molecule has 0 unspecified atom stereocenters. The Morgan fingerprint density at radius 3 is 1.69 bits per heavy atom. The van der Waals surface area contributed by atoms with Crippen LogP contribution in [0.15, 0.2) is 24.3 Å². The zero-order valence-electron chi connectivity index (χ0n) is 8.11. The first-order valence-electron chi connectivity index (χ1n) is 4.09. The smallest absolute Gasteiger partial charge is 0.221 e. The number of hydrogen-bond acceptors (Lipinski definition) is 2. The van der Waals surface area contributed by atoms with Gasteiger partial charge in [-0.3, -0.25) is 0 Å². The first-order chi connectivity index (χ1) is 5.66. The predicted molar refractivity (Wildman–Crippen MR) is 53.6 cm³/mol. The normalized spacial score (nSPS) is 24.6. The molecule has 1 aliphatic rings. The van der Waals surface area contributed by atoms with Crippen molar-refractivity contribution in [1.29, 1.82) is 0 Å². The van der Waals surface area contributed by atoms with Crippen molar-refractivity contribution in [3.05, 3.63) is 24.3 Å². The minimum Gasteiger partial charge on any atom is -0.228 e. The Kier molecular flexibility index (Phi) is 2.16. The van der Waals surface area contributed by atoms with Crippen LogP contribution < -0.4 is 5.14 Å². The van der Waals surface area contributed by atoms with Gasteiger partial charge in [-0.2, -0.15) is 0 Å². The van der Waals surface area contributed by atoms with Gasteiger partial charge in [0, 0.05) is 5.41 Å². The zero-order chi connectivity index (χ0) is 10.3. The lowest BCUT2D eigenvalue weighted by Gasteiger charge is -2.28. The summed E-state index contributed by atoms with van der Waals surface area (Å²) in [5, 5.41) is 5.10. The lowest BCUT2D eigenvalue weighted by atomic mass is 9.86. The molecule has 13 heavy (non-hydrogen) atoms. The highest BCUT2D eigenvalue weighted by Crippen LogP contribution is 2.30. The molecule has 0 aliphatic heterocycles. The molecule has 0 aromatic carbocycles. The maximum absolute atomic E-state index is 11.2. The SMILES string of the molecule is CC1(C)C=CC(C)(S(N)(=O)=O)C=C1. The second-order valence-electron chi connectivity index (χ2n) is 4.22. The fourth-order valence-electron chi connectivity index (χ4n) is 1.06. The average Bonchev–Trinajstić information content (AvgIpc) is 1.94. The molecule has 0 saturated heterocycles. The van der Waals surface area contributed by atoms with Crippen LogP contribution in [0, 0.1) is 5.41 Å². The molecule has 0 radical (unpaired) electrons. The quantitative estimate of drug-likeness (QED) is 0.648. The van der Waals surface area contributed by atoms with E-state index in [-0.39, 0.29) is 5.41 Å². The maximum Gasteiger partial charge on any atom is 0.221 e. The van der Waals surface area contributed by atoms with Gasteiger partial charge in [0.15, 0.2) is 0 Å². The molecule has 0 heterocycles. The van der Waals surface area contributed by atoms with Crippen LogP contribution in [0.25, 0.3) is 0 Å². The molecule has 2 N–H and O–H groups in total. The van der Waals surface area contributed by atoms with Crippen LogP contribution in [-0.2, 0) is 10.0 Å². The standard InChI is InChI=1S/C9H15NO2S/c1-8(2)4-6-9(3,7-5-8)13(10,11)12/h4-7H,1-3H3,(H2,10,11,12). The first kappa shape index (κ1) is 10.5. The summed E-state index contributed by atoms with van der Waals surface area (Å²) >= 11 is 0. The van der Waals surface area contributed by atoms with Crippen molar-refractivity contribution in [1.82, 2.24) is 0 Å². The second kappa shape index (κ2) is 2.69. The van der Waals surface area contributed by atoms with Gasteiger partial charge >= 0.3 is 0 Å². The van der Waals surface area contributed by atoms with Crippen molar-refractivity contribution >= 4 is 10.0 Å². The van der Waals surface area contributed by atoms with Gasteiger partial charge < -0.3 is 0 Å². The molecular weight excluding hydrogens is 186 g/mol. The lowest BCUT2D eigenvalue weighted by Crippen LogP contribution is -2.39. The summed E-state index contributed by atoms with van der Waals surface area (Å²) in [7, 11) is -3.55. The molecule has 0 amide bonds. The Morgan fingerprint density at radius 2 is 1.38 bits per heavy atom. The van der Waals surface area contributed by atoms with E-state index in [2.05, 4.69) is 0 Å². The van der Waals surface area contributed by atoms with Gasteiger partial charge in [-0.1, -0.05) is 38.2 Å². The van der Waals surface area contributed by atoms with E-state index in [0.29, 0.717) is 0 Å². The van der Waals surface area contributed by atoms with Gasteiger partial charge in [0.25, 0.3) is 0 Å². The van der Waals surface area contributed by atoms with Crippen molar-refractivity contribution in [2.45, 2.75) is 25.5 Å². The van der Waals surface area contributed by atoms with Crippen molar-refractivity contribution in [3.63, 3.8) is 0 Å². The summed E-state index contributed by atoms with van der Waals surface area (Å²) in [4.78, 5) is 0. The summed E-state index contributed by atoms with van der Waals surface area (Å²) in [5.41, 5.74) is -0.0792. The van der Waals surface area contributed by atoms with E-state index < -0.39 is 14.8 Å².